The van der Waals surface area contributed by atoms with Gasteiger partial charge >= 0.3 is 6.18 Å². The molecular formula is C17H16F3NO3S. The molecule has 0 saturated carbocycles. The van der Waals surface area contributed by atoms with Crippen molar-refractivity contribution in [2.24, 2.45) is 0 Å². The van der Waals surface area contributed by atoms with Crippen LogP contribution in [0.4, 0.5) is 13.2 Å². The normalized spacial score (nSPS) is 12.0. The van der Waals surface area contributed by atoms with Crippen LogP contribution in [0.25, 0.3) is 0 Å². The minimum absolute atomic E-state index is 0.0290. The SMILES string of the molecule is CN(Cc1ccc(C(F)(F)F)cc1)C(=O)c1cccc(S(C)(=O)=O)c1. The molecule has 0 spiro atoms. The molecule has 0 unspecified atom stereocenters. The van der Waals surface area contributed by atoms with E-state index in [0.29, 0.717) is 5.56 Å². The van der Waals surface area contributed by atoms with Gasteiger partial charge < -0.3 is 4.90 Å². The Hall–Kier alpha value is -2.35. The molecule has 0 radical (unpaired) electrons. The third kappa shape index (κ3) is 4.82. The predicted molar refractivity (Wildman–Crippen MR) is 86.8 cm³/mol. The van der Waals surface area contributed by atoms with Crippen LogP contribution in [-0.4, -0.2) is 32.5 Å². The minimum Gasteiger partial charge on any atom is -0.337 e. The highest BCUT2D eigenvalue weighted by Crippen LogP contribution is 2.29. The van der Waals surface area contributed by atoms with Gasteiger partial charge in [0, 0.05) is 25.4 Å². The molecule has 0 bridgehead atoms. The summed E-state index contributed by atoms with van der Waals surface area (Å²) < 4.78 is 60.8. The fraction of sp³-hybridized carbons (Fsp3) is 0.235. The summed E-state index contributed by atoms with van der Waals surface area (Å²) in [5.41, 5.74) is -0.0356. The summed E-state index contributed by atoms with van der Waals surface area (Å²) in [5, 5.41) is 0. The molecule has 25 heavy (non-hydrogen) atoms. The van der Waals surface area contributed by atoms with Crippen molar-refractivity contribution in [2.45, 2.75) is 17.6 Å². The topological polar surface area (TPSA) is 54.5 Å². The minimum atomic E-state index is -4.41. The molecule has 2 aromatic carbocycles. The van der Waals surface area contributed by atoms with E-state index >= 15 is 0 Å². The molecule has 0 N–H and O–H groups in total. The van der Waals surface area contributed by atoms with Crippen LogP contribution >= 0.6 is 0 Å². The van der Waals surface area contributed by atoms with Crippen LogP contribution in [0.5, 0.6) is 0 Å². The van der Waals surface area contributed by atoms with Gasteiger partial charge in [0.15, 0.2) is 9.84 Å². The van der Waals surface area contributed by atoms with Crippen molar-refractivity contribution in [3.8, 4) is 0 Å². The zero-order valence-electron chi connectivity index (χ0n) is 13.5. The monoisotopic (exact) mass is 371 g/mol. The van der Waals surface area contributed by atoms with E-state index in [1.54, 1.807) is 0 Å². The van der Waals surface area contributed by atoms with Crippen molar-refractivity contribution < 1.29 is 26.4 Å². The molecule has 134 valence electrons. The average molecular weight is 371 g/mol. The van der Waals surface area contributed by atoms with Crippen LogP contribution in [0.15, 0.2) is 53.4 Å². The smallest absolute Gasteiger partial charge is 0.337 e. The first-order valence-electron chi connectivity index (χ1n) is 7.20. The molecular weight excluding hydrogens is 355 g/mol. The summed E-state index contributed by atoms with van der Waals surface area (Å²) in [6, 6.07) is 10.1. The molecule has 0 saturated heterocycles. The number of sulfone groups is 1. The van der Waals surface area contributed by atoms with E-state index in [9.17, 15) is 26.4 Å². The maximum absolute atomic E-state index is 12.6. The number of carbonyl (C=O) groups is 1. The highest BCUT2D eigenvalue weighted by molar-refractivity contribution is 7.90. The van der Waals surface area contributed by atoms with E-state index < -0.39 is 27.5 Å². The van der Waals surface area contributed by atoms with Crippen LogP contribution in [0, 0.1) is 0 Å². The van der Waals surface area contributed by atoms with Gasteiger partial charge in [0.05, 0.1) is 10.5 Å². The lowest BCUT2D eigenvalue weighted by Crippen LogP contribution is -2.26. The summed E-state index contributed by atoms with van der Waals surface area (Å²) in [4.78, 5) is 13.7. The van der Waals surface area contributed by atoms with Gasteiger partial charge in [-0.3, -0.25) is 4.79 Å². The fourth-order valence-corrected chi connectivity index (χ4v) is 2.89. The van der Waals surface area contributed by atoms with Crippen LogP contribution in [0.3, 0.4) is 0 Å². The highest BCUT2D eigenvalue weighted by atomic mass is 32.2. The van der Waals surface area contributed by atoms with Crippen LogP contribution in [0.2, 0.25) is 0 Å². The Morgan fingerprint density at radius 3 is 2.20 bits per heavy atom. The van der Waals surface area contributed by atoms with Crippen LogP contribution in [0.1, 0.15) is 21.5 Å². The van der Waals surface area contributed by atoms with Gasteiger partial charge in [-0.25, -0.2) is 8.42 Å². The lowest BCUT2D eigenvalue weighted by Gasteiger charge is -2.18. The van der Waals surface area contributed by atoms with Gasteiger partial charge in [0.25, 0.3) is 5.91 Å². The van der Waals surface area contributed by atoms with Gasteiger partial charge in [-0.05, 0) is 35.9 Å². The Morgan fingerprint density at radius 1 is 1.08 bits per heavy atom. The van der Waals surface area contributed by atoms with E-state index in [1.807, 2.05) is 0 Å². The zero-order valence-corrected chi connectivity index (χ0v) is 14.4. The van der Waals surface area contributed by atoms with E-state index in [4.69, 9.17) is 0 Å². The first kappa shape index (κ1) is 19.0. The molecule has 0 aliphatic carbocycles. The molecule has 0 aliphatic rings. The molecule has 0 aliphatic heterocycles. The van der Waals surface area contributed by atoms with Crippen molar-refractivity contribution in [3.05, 3.63) is 65.2 Å². The molecule has 4 nitrogen and oxygen atoms in total. The molecule has 0 fully saturated rings. The summed E-state index contributed by atoms with van der Waals surface area (Å²) >= 11 is 0. The van der Waals surface area contributed by atoms with E-state index in [2.05, 4.69) is 0 Å². The third-order valence-electron chi connectivity index (χ3n) is 3.56. The summed E-state index contributed by atoms with van der Waals surface area (Å²) in [6.07, 6.45) is -3.37. The average Bonchev–Trinajstić information content (AvgIpc) is 2.53. The Bertz CT molecular complexity index is 875. The van der Waals surface area contributed by atoms with Crippen molar-refractivity contribution in [2.75, 3.05) is 13.3 Å². The molecule has 2 rings (SSSR count). The van der Waals surface area contributed by atoms with Gasteiger partial charge in [-0.15, -0.1) is 0 Å². The van der Waals surface area contributed by atoms with Gasteiger partial charge in [0.2, 0.25) is 0 Å². The number of halogens is 3. The fourth-order valence-electron chi connectivity index (χ4n) is 2.22. The quantitative estimate of drug-likeness (QED) is 0.828. The first-order chi connectivity index (χ1) is 11.5. The second-order valence-corrected chi connectivity index (χ2v) is 7.67. The van der Waals surface area contributed by atoms with Gasteiger partial charge in [-0.1, -0.05) is 18.2 Å². The lowest BCUT2D eigenvalue weighted by atomic mass is 10.1. The molecule has 1 amide bonds. The number of hydrogen-bond donors (Lipinski definition) is 0. The zero-order chi connectivity index (χ0) is 18.8. The van der Waals surface area contributed by atoms with Crippen molar-refractivity contribution >= 4 is 15.7 Å². The Labute approximate surface area is 143 Å². The van der Waals surface area contributed by atoms with E-state index in [1.165, 1.54) is 48.3 Å². The largest absolute Gasteiger partial charge is 0.416 e. The van der Waals surface area contributed by atoms with Gasteiger partial charge in [-0.2, -0.15) is 13.2 Å². The molecule has 8 heteroatoms. The molecule has 0 heterocycles. The number of amides is 1. The number of carbonyl (C=O) groups excluding carboxylic acids is 1. The second kappa shape index (κ2) is 6.87. The van der Waals surface area contributed by atoms with Gasteiger partial charge in [0.1, 0.15) is 0 Å². The summed E-state index contributed by atoms with van der Waals surface area (Å²) in [5.74, 6) is -0.426. The maximum Gasteiger partial charge on any atom is 0.416 e. The number of alkyl halides is 3. The predicted octanol–water partition coefficient (Wildman–Crippen LogP) is 3.38. The standard InChI is InChI=1S/C17H16F3NO3S/c1-21(11-12-6-8-14(9-7-12)17(18,19)20)16(22)13-4-3-5-15(10-13)25(2,23)24/h3-10H,11H2,1-2H3. The number of benzene rings is 2. The molecule has 0 aromatic heterocycles. The Morgan fingerprint density at radius 2 is 1.68 bits per heavy atom. The molecule has 2 aromatic rings. The summed E-state index contributed by atoms with van der Waals surface area (Å²) in [6.45, 7) is 0.0973. The molecule has 0 atom stereocenters. The lowest BCUT2D eigenvalue weighted by molar-refractivity contribution is -0.137. The number of hydrogen-bond acceptors (Lipinski definition) is 3. The number of nitrogens with zero attached hydrogens (tertiary/aromatic N) is 1. The Balaban J connectivity index is 2.16. The highest BCUT2D eigenvalue weighted by Gasteiger charge is 2.30. The van der Waals surface area contributed by atoms with Crippen LogP contribution in [-0.2, 0) is 22.6 Å². The third-order valence-corrected chi connectivity index (χ3v) is 4.67. The van der Waals surface area contributed by atoms with Crippen molar-refractivity contribution in [1.29, 1.82) is 0 Å². The first-order valence-corrected chi connectivity index (χ1v) is 9.09. The van der Waals surface area contributed by atoms with Crippen molar-refractivity contribution in [1.82, 2.24) is 4.90 Å². The maximum atomic E-state index is 12.6. The Kier molecular flexibility index (Phi) is 5.22. The van der Waals surface area contributed by atoms with E-state index in [-0.39, 0.29) is 17.0 Å². The van der Waals surface area contributed by atoms with Crippen molar-refractivity contribution in [3.63, 3.8) is 0 Å². The number of rotatable bonds is 4. The van der Waals surface area contributed by atoms with Crippen LogP contribution < -0.4 is 0 Å². The second-order valence-electron chi connectivity index (χ2n) is 5.66. The van der Waals surface area contributed by atoms with E-state index in [0.717, 1.165) is 18.4 Å². The summed E-state index contributed by atoms with van der Waals surface area (Å²) in [7, 11) is -1.95.